The summed E-state index contributed by atoms with van der Waals surface area (Å²) < 4.78 is 28.9. The highest BCUT2D eigenvalue weighted by Crippen LogP contribution is 2.28. The van der Waals surface area contributed by atoms with E-state index in [2.05, 4.69) is 5.32 Å². The fourth-order valence-corrected chi connectivity index (χ4v) is 3.58. The van der Waals surface area contributed by atoms with Gasteiger partial charge in [-0.1, -0.05) is 30.3 Å². The Labute approximate surface area is 152 Å². The number of amides is 1. The van der Waals surface area contributed by atoms with Crippen molar-refractivity contribution in [3.63, 3.8) is 0 Å². The molecule has 0 radical (unpaired) electrons. The zero-order chi connectivity index (χ0) is 19.1. The van der Waals surface area contributed by atoms with E-state index in [1.165, 1.54) is 6.26 Å². The third-order valence-electron chi connectivity index (χ3n) is 4.52. The Kier molecular flexibility index (Phi) is 4.63. The van der Waals surface area contributed by atoms with E-state index in [-0.39, 0.29) is 16.8 Å². The van der Waals surface area contributed by atoms with Crippen molar-refractivity contribution in [3.8, 4) is 0 Å². The highest BCUT2D eigenvalue weighted by atomic mass is 32.2. The molecule has 6 heteroatoms. The van der Waals surface area contributed by atoms with E-state index in [4.69, 9.17) is 4.42 Å². The predicted molar refractivity (Wildman–Crippen MR) is 101 cm³/mol. The fraction of sp³-hybridized carbons (Fsp3) is 0.250. The van der Waals surface area contributed by atoms with Crippen molar-refractivity contribution < 1.29 is 17.6 Å². The molecule has 0 fully saturated rings. The molecule has 136 valence electrons. The number of aryl methyl sites for hydroxylation is 2. The van der Waals surface area contributed by atoms with E-state index in [9.17, 15) is 13.2 Å². The lowest BCUT2D eigenvalue weighted by molar-refractivity contribution is 0.0913. The van der Waals surface area contributed by atoms with Gasteiger partial charge in [-0.15, -0.1) is 0 Å². The molecular weight excluding hydrogens is 350 g/mol. The van der Waals surface area contributed by atoms with Crippen molar-refractivity contribution in [3.05, 3.63) is 64.9 Å². The largest absolute Gasteiger partial charge is 0.450 e. The van der Waals surface area contributed by atoms with Crippen LogP contribution in [0.3, 0.4) is 0 Å². The number of sulfone groups is 1. The Morgan fingerprint density at radius 2 is 1.73 bits per heavy atom. The van der Waals surface area contributed by atoms with E-state index in [1.54, 1.807) is 24.3 Å². The van der Waals surface area contributed by atoms with E-state index in [0.717, 1.165) is 27.7 Å². The van der Waals surface area contributed by atoms with Crippen molar-refractivity contribution in [2.75, 3.05) is 6.26 Å². The maximum Gasteiger partial charge on any atom is 0.287 e. The van der Waals surface area contributed by atoms with E-state index < -0.39 is 9.84 Å². The number of carbonyl (C=O) groups is 1. The summed E-state index contributed by atoms with van der Waals surface area (Å²) in [6.07, 6.45) is 1.17. The molecule has 0 aliphatic rings. The molecule has 1 heterocycles. The summed E-state index contributed by atoms with van der Waals surface area (Å²) in [5.74, 6) is 0.00620. The molecule has 3 aromatic rings. The van der Waals surface area contributed by atoms with Gasteiger partial charge in [0.1, 0.15) is 5.58 Å². The molecular formula is C20H21NO4S. The van der Waals surface area contributed by atoms with Crippen molar-refractivity contribution in [2.45, 2.75) is 31.7 Å². The fourth-order valence-electron chi connectivity index (χ4n) is 2.95. The van der Waals surface area contributed by atoms with Gasteiger partial charge in [-0.25, -0.2) is 8.42 Å². The molecule has 1 atom stereocenters. The van der Waals surface area contributed by atoms with Crippen molar-refractivity contribution >= 4 is 26.7 Å². The Bertz CT molecular complexity index is 1080. The Balaban J connectivity index is 1.84. The SMILES string of the molecule is Cc1c(C(=O)N[C@@H](C)c2ccc(S(C)(=O)=O)cc2)oc2c(C)cccc12. The molecule has 0 saturated heterocycles. The molecule has 2 aromatic carbocycles. The van der Waals surface area contributed by atoms with Crippen LogP contribution in [0, 0.1) is 13.8 Å². The van der Waals surface area contributed by atoms with Gasteiger partial charge >= 0.3 is 0 Å². The second-order valence-corrected chi connectivity index (χ2v) is 8.56. The van der Waals surface area contributed by atoms with Crippen LogP contribution < -0.4 is 5.32 Å². The number of hydrogen-bond donors (Lipinski definition) is 1. The van der Waals surface area contributed by atoms with Crippen molar-refractivity contribution in [1.82, 2.24) is 5.32 Å². The Hall–Kier alpha value is -2.60. The summed E-state index contributed by atoms with van der Waals surface area (Å²) in [7, 11) is -3.24. The van der Waals surface area contributed by atoms with E-state index >= 15 is 0 Å². The highest BCUT2D eigenvalue weighted by Gasteiger charge is 2.20. The average Bonchev–Trinajstić information content (AvgIpc) is 2.93. The second kappa shape index (κ2) is 6.61. The topological polar surface area (TPSA) is 76.4 Å². The molecule has 0 aliphatic carbocycles. The number of fused-ring (bicyclic) bond motifs is 1. The second-order valence-electron chi connectivity index (χ2n) is 6.54. The van der Waals surface area contributed by atoms with Gasteiger partial charge in [0, 0.05) is 17.2 Å². The Morgan fingerprint density at radius 1 is 1.08 bits per heavy atom. The van der Waals surface area contributed by atoms with Gasteiger partial charge in [0.2, 0.25) is 0 Å². The van der Waals surface area contributed by atoms with Crippen LogP contribution in [0.15, 0.2) is 51.8 Å². The molecule has 0 aliphatic heterocycles. The zero-order valence-corrected chi connectivity index (χ0v) is 16.0. The number of rotatable bonds is 4. The summed E-state index contributed by atoms with van der Waals surface area (Å²) in [5, 5.41) is 3.84. The third-order valence-corrected chi connectivity index (χ3v) is 5.65. The van der Waals surface area contributed by atoms with Gasteiger partial charge in [-0.05, 0) is 44.0 Å². The van der Waals surface area contributed by atoms with E-state index in [1.807, 2.05) is 39.0 Å². The van der Waals surface area contributed by atoms with Crippen LogP contribution in [0.2, 0.25) is 0 Å². The van der Waals surface area contributed by atoms with Gasteiger partial charge in [-0.2, -0.15) is 0 Å². The minimum atomic E-state index is -3.24. The van der Waals surface area contributed by atoms with Crippen molar-refractivity contribution in [2.24, 2.45) is 0 Å². The van der Waals surface area contributed by atoms with Gasteiger partial charge in [-0.3, -0.25) is 4.79 Å². The smallest absolute Gasteiger partial charge is 0.287 e. The average molecular weight is 371 g/mol. The van der Waals surface area contributed by atoms with Crippen LogP contribution in [-0.2, 0) is 9.84 Å². The van der Waals surface area contributed by atoms with Crippen LogP contribution in [0.25, 0.3) is 11.0 Å². The minimum absolute atomic E-state index is 0.253. The Morgan fingerprint density at radius 3 is 2.31 bits per heavy atom. The predicted octanol–water partition coefficient (Wildman–Crippen LogP) is 3.94. The summed E-state index contributed by atoms with van der Waals surface area (Å²) in [5.41, 5.74) is 3.32. The van der Waals surface area contributed by atoms with Crippen LogP contribution >= 0.6 is 0 Å². The molecule has 1 amide bonds. The van der Waals surface area contributed by atoms with Crippen LogP contribution in [0.1, 0.15) is 40.2 Å². The van der Waals surface area contributed by atoms with Gasteiger partial charge in [0.25, 0.3) is 5.91 Å². The molecule has 0 spiro atoms. The number of carbonyl (C=O) groups excluding carboxylic acids is 1. The molecule has 0 bridgehead atoms. The van der Waals surface area contributed by atoms with Gasteiger partial charge in [0.05, 0.1) is 10.9 Å². The maximum atomic E-state index is 12.7. The molecule has 0 saturated carbocycles. The van der Waals surface area contributed by atoms with Gasteiger partial charge < -0.3 is 9.73 Å². The number of furan rings is 1. The first-order valence-corrected chi connectivity index (χ1v) is 10.2. The summed E-state index contributed by atoms with van der Waals surface area (Å²) in [6.45, 7) is 5.65. The normalized spacial score (nSPS) is 12.9. The number of para-hydroxylation sites is 1. The monoisotopic (exact) mass is 371 g/mol. The molecule has 0 unspecified atom stereocenters. The molecule has 5 nitrogen and oxygen atoms in total. The summed E-state index contributed by atoms with van der Waals surface area (Å²) in [6, 6.07) is 12.0. The van der Waals surface area contributed by atoms with Crippen LogP contribution in [-0.4, -0.2) is 20.6 Å². The standard InChI is InChI=1S/C20H21NO4S/c1-12-6-5-7-17-13(2)19(25-18(12)17)20(22)21-14(3)15-8-10-16(11-9-15)26(4,23)24/h5-11,14H,1-4H3,(H,21,22)/t14-/m0/s1. The molecule has 26 heavy (non-hydrogen) atoms. The number of hydrogen-bond acceptors (Lipinski definition) is 4. The first kappa shape index (κ1) is 18.2. The molecule has 3 rings (SSSR count). The van der Waals surface area contributed by atoms with Gasteiger partial charge in [0.15, 0.2) is 15.6 Å². The number of nitrogens with one attached hydrogen (secondary N) is 1. The lowest BCUT2D eigenvalue weighted by Crippen LogP contribution is -2.26. The summed E-state index contributed by atoms with van der Waals surface area (Å²) in [4.78, 5) is 12.9. The van der Waals surface area contributed by atoms with Crippen molar-refractivity contribution in [1.29, 1.82) is 0 Å². The minimum Gasteiger partial charge on any atom is -0.450 e. The van der Waals surface area contributed by atoms with E-state index in [0.29, 0.717) is 5.76 Å². The molecule has 1 N–H and O–H groups in total. The number of benzene rings is 2. The highest BCUT2D eigenvalue weighted by molar-refractivity contribution is 7.90. The van der Waals surface area contributed by atoms with Crippen LogP contribution in [0.5, 0.6) is 0 Å². The third kappa shape index (κ3) is 3.37. The maximum absolute atomic E-state index is 12.7. The lowest BCUT2D eigenvalue weighted by atomic mass is 10.1. The zero-order valence-electron chi connectivity index (χ0n) is 15.2. The van der Waals surface area contributed by atoms with Crippen LogP contribution in [0.4, 0.5) is 0 Å². The first-order chi connectivity index (χ1) is 12.2. The quantitative estimate of drug-likeness (QED) is 0.753. The lowest BCUT2D eigenvalue weighted by Gasteiger charge is -2.14. The molecule has 1 aromatic heterocycles. The first-order valence-electron chi connectivity index (χ1n) is 8.28. The summed E-state index contributed by atoms with van der Waals surface area (Å²) >= 11 is 0.